The maximum Gasteiger partial charge on any atom is 0.315 e. The number of ether oxygens (including phenoxy) is 1. The molecule has 0 radical (unpaired) electrons. The van der Waals surface area contributed by atoms with E-state index in [1.807, 2.05) is 42.5 Å². The number of urea groups is 1. The second kappa shape index (κ2) is 10.3. The van der Waals surface area contributed by atoms with Gasteiger partial charge in [-0.25, -0.2) is 4.79 Å². The molecule has 1 fully saturated rings. The average molecular weight is 415 g/mol. The molecule has 1 aliphatic rings. The summed E-state index contributed by atoms with van der Waals surface area (Å²) in [6.07, 6.45) is 2.56. The van der Waals surface area contributed by atoms with Crippen LogP contribution in [-0.2, 0) is 16.6 Å². The highest BCUT2D eigenvalue weighted by Crippen LogP contribution is 2.34. The fourth-order valence-electron chi connectivity index (χ4n) is 4.37. The molecular formula is C27H30N2O2. The predicted octanol–water partition coefficient (Wildman–Crippen LogP) is 5.02. The molecule has 0 bridgehead atoms. The summed E-state index contributed by atoms with van der Waals surface area (Å²) in [4.78, 5) is 13.0. The molecule has 1 heterocycles. The maximum absolute atomic E-state index is 13.0. The summed E-state index contributed by atoms with van der Waals surface area (Å²) in [5.41, 5.74) is 3.48. The van der Waals surface area contributed by atoms with E-state index in [0.29, 0.717) is 6.54 Å². The van der Waals surface area contributed by atoms with Crippen molar-refractivity contribution in [2.75, 3.05) is 19.8 Å². The largest absolute Gasteiger partial charge is 0.381 e. The lowest BCUT2D eigenvalue weighted by Gasteiger charge is -2.38. The molecule has 0 aliphatic carbocycles. The molecule has 1 unspecified atom stereocenters. The third-order valence-electron chi connectivity index (χ3n) is 6.21. The van der Waals surface area contributed by atoms with Gasteiger partial charge in [0.2, 0.25) is 0 Å². The first-order valence-corrected chi connectivity index (χ1v) is 11.0. The van der Waals surface area contributed by atoms with E-state index in [9.17, 15) is 4.79 Å². The van der Waals surface area contributed by atoms with Crippen molar-refractivity contribution in [1.82, 2.24) is 10.6 Å². The van der Waals surface area contributed by atoms with E-state index in [-0.39, 0.29) is 17.5 Å². The van der Waals surface area contributed by atoms with Crippen LogP contribution in [0.15, 0.2) is 91.0 Å². The first kappa shape index (κ1) is 21.1. The Morgan fingerprint density at radius 1 is 0.839 bits per heavy atom. The maximum atomic E-state index is 13.0. The number of amides is 2. The van der Waals surface area contributed by atoms with Crippen molar-refractivity contribution in [1.29, 1.82) is 0 Å². The van der Waals surface area contributed by atoms with Crippen molar-refractivity contribution in [2.45, 2.75) is 30.7 Å². The number of hydrogen-bond acceptors (Lipinski definition) is 2. The summed E-state index contributed by atoms with van der Waals surface area (Å²) < 4.78 is 5.61. The molecule has 0 aromatic heterocycles. The van der Waals surface area contributed by atoms with E-state index in [1.54, 1.807) is 0 Å². The number of carbonyl (C=O) groups is 1. The van der Waals surface area contributed by atoms with Gasteiger partial charge in [0.1, 0.15) is 0 Å². The molecule has 4 heteroatoms. The van der Waals surface area contributed by atoms with Crippen LogP contribution in [0, 0.1) is 0 Å². The van der Waals surface area contributed by atoms with E-state index in [2.05, 4.69) is 59.2 Å². The molecular weight excluding hydrogens is 384 g/mol. The first-order chi connectivity index (χ1) is 15.3. The zero-order valence-corrected chi connectivity index (χ0v) is 17.8. The van der Waals surface area contributed by atoms with Crippen molar-refractivity contribution in [2.24, 2.45) is 0 Å². The number of nitrogens with one attached hydrogen (secondary N) is 2. The Bertz CT molecular complexity index is 939. The van der Waals surface area contributed by atoms with Crippen LogP contribution < -0.4 is 10.6 Å². The Hall–Kier alpha value is -3.11. The standard InChI is InChI=1S/C27H30N2O2/c30-26(28-21-27(16-18-31-19-17-27)24-14-8-3-9-15-24)29-25(23-12-6-2-7-13-23)20-22-10-4-1-5-11-22/h1-15,25H,16-21H2,(H2,28,29,30). The van der Waals surface area contributed by atoms with Crippen molar-refractivity contribution >= 4 is 6.03 Å². The summed E-state index contributed by atoms with van der Waals surface area (Å²) in [5.74, 6) is 0. The van der Waals surface area contributed by atoms with Crippen LogP contribution in [0.25, 0.3) is 0 Å². The molecule has 1 atom stereocenters. The van der Waals surface area contributed by atoms with Gasteiger partial charge in [-0.15, -0.1) is 0 Å². The van der Waals surface area contributed by atoms with Gasteiger partial charge >= 0.3 is 6.03 Å². The van der Waals surface area contributed by atoms with Gasteiger partial charge in [0.15, 0.2) is 0 Å². The van der Waals surface area contributed by atoms with Crippen LogP contribution in [0.3, 0.4) is 0 Å². The van der Waals surface area contributed by atoms with E-state index in [4.69, 9.17) is 4.74 Å². The van der Waals surface area contributed by atoms with Crippen molar-refractivity contribution < 1.29 is 9.53 Å². The van der Waals surface area contributed by atoms with Crippen LogP contribution in [-0.4, -0.2) is 25.8 Å². The molecule has 0 saturated carbocycles. The van der Waals surface area contributed by atoms with Crippen LogP contribution in [0.1, 0.15) is 35.6 Å². The molecule has 1 saturated heterocycles. The molecule has 1 aliphatic heterocycles. The number of benzene rings is 3. The Morgan fingerprint density at radius 2 is 1.42 bits per heavy atom. The van der Waals surface area contributed by atoms with Crippen molar-refractivity contribution in [3.8, 4) is 0 Å². The van der Waals surface area contributed by atoms with Crippen molar-refractivity contribution in [3.63, 3.8) is 0 Å². The first-order valence-electron chi connectivity index (χ1n) is 11.0. The van der Waals surface area contributed by atoms with Crippen LogP contribution in [0.4, 0.5) is 4.79 Å². The van der Waals surface area contributed by atoms with Gasteiger partial charge in [0, 0.05) is 25.2 Å². The highest BCUT2D eigenvalue weighted by molar-refractivity contribution is 5.74. The molecule has 2 N–H and O–H groups in total. The Labute approximate surface area is 184 Å². The molecule has 3 aromatic rings. The summed E-state index contributed by atoms with van der Waals surface area (Å²) in [6, 6.07) is 30.7. The average Bonchev–Trinajstić information content (AvgIpc) is 2.85. The minimum atomic E-state index is -0.133. The van der Waals surface area contributed by atoms with Gasteiger partial charge < -0.3 is 15.4 Å². The summed E-state index contributed by atoms with van der Waals surface area (Å²) in [6.45, 7) is 2.04. The molecule has 3 aromatic carbocycles. The van der Waals surface area contributed by atoms with Gasteiger partial charge in [-0.3, -0.25) is 0 Å². The lowest BCUT2D eigenvalue weighted by atomic mass is 9.74. The fourth-order valence-corrected chi connectivity index (χ4v) is 4.37. The molecule has 2 amide bonds. The SMILES string of the molecule is O=C(NCC1(c2ccccc2)CCOCC1)NC(Cc1ccccc1)c1ccccc1. The highest BCUT2D eigenvalue weighted by Gasteiger charge is 2.34. The molecule has 31 heavy (non-hydrogen) atoms. The highest BCUT2D eigenvalue weighted by atomic mass is 16.5. The Balaban J connectivity index is 1.45. The topological polar surface area (TPSA) is 50.4 Å². The normalized spacial score (nSPS) is 16.3. The summed E-state index contributed by atoms with van der Waals surface area (Å²) in [7, 11) is 0. The van der Waals surface area contributed by atoms with Gasteiger partial charge in [-0.1, -0.05) is 91.0 Å². The minimum absolute atomic E-state index is 0.0848. The zero-order valence-electron chi connectivity index (χ0n) is 17.8. The lowest BCUT2D eigenvalue weighted by molar-refractivity contribution is 0.0506. The summed E-state index contributed by atoms with van der Waals surface area (Å²) >= 11 is 0. The second-order valence-electron chi connectivity index (χ2n) is 8.24. The van der Waals surface area contributed by atoms with E-state index in [0.717, 1.165) is 38.0 Å². The molecule has 0 spiro atoms. The second-order valence-corrected chi connectivity index (χ2v) is 8.24. The number of rotatable bonds is 7. The van der Waals surface area contributed by atoms with Crippen LogP contribution in [0.2, 0.25) is 0 Å². The summed E-state index contributed by atoms with van der Waals surface area (Å²) in [5, 5.41) is 6.38. The molecule has 160 valence electrons. The Kier molecular flexibility index (Phi) is 7.00. The Morgan fingerprint density at radius 3 is 2.06 bits per heavy atom. The van der Waals surface area contributed by atoms with Gasteiger partial charge in [-0.05, 0) is 36.0 Å². The lowest BCUT2D eigenvalue weighted by Crippen LogP contribution is -2.48. The number of carbonyl (C=O) groups excluding carboxylic acids is 1. The third kappa shape index (κ3) is 5.53. The molecule has 4 rings (SSSR count). The van der Waals surface area contributed by atoms with E-state index < -0.39 is 0 Å². The van der Waals surface area contributed by atoms with Gasteiger partial charge in [0.25, 0.3) is 0 Å². The fraction of sp³-hybridized carbons (Fsp3) is 0.296. The van der Waals surface area contributed by atoms with E-state index in [1.165, 1.54) is 11.1 Å². The zero-order chi connectivity index (χ0) is 21.4. The monoisotopic (exact) mass is 414 g/mol. The van der Waals surface area contributed by atoms with Crippen LogP contribution >= 0.6 is 0 Å². The predicted molar refractivity (Wildman–Crippen MR) is 124 cm³/mol. The van der Waals surface area contributed by atoms with Crippen LogP contribution in [0.5, 0.6) is 0 Å². The molecule has 4 nitrogen and oxygen atoms in total. The van der Waals surface area contributed by atoms with Gasteiger partial charge in [-0.2, -0.15) is 0 Å². The quantitative estimate of drug-likeness (QED) is 0.570. The van der Waals surface area contributed by atoms with Crippen molar-refractivity contribution in [3.05, 3.63) is 108 Å². The van der Waals surface area contributed by atoms with Gasteiger partial charge in [0.05, 0.1) is 6.04 Å². The minimum Gasteiger partial charge on any atom is -0.381 e. The smallest absolute Gasteiger partial charge is 0.315 e. The van der Waals surface area contributed by atoms with E-state index >= 15 is 0 Å². The third-order valence-corrected chi connectivity index (χ3v) is 6.21. The number of hydrogen-bond donors (Lipinski definition) is 2.